The van der Waals surface area contributed by atoms with E-state index in [4.69, 9.17) is 9.47 Å². The SMILES string of the molecule is C=CCOc1ccc(C(O)=C2C(=O)C(=O)N(CCN(C)C)C2c2ccc(C(=O)OC)cc2)cc1. The number of rotatable bonds is 9. The minimum absolute atomic E-state index is 0.00525. The second-order valence-corrected chi connectivity index (χ2v) is 8.03. The van der Waals surface area contributed by atoms with Gasteiger partial charge in [-0.2, -0.15) is 0 Å². The van der Waals surface area contributed by atoms with Crippen LogP contribution in [-0.4, -0.2) is 73.5 Å². The molecule has 178 valence electrons. The van der Waals surface area contributed by atoms with Gasteiger partial charge in [0.25, 0.3) is 11.7 Å². The molecule has 2 aromatic rings. The first kappa shape index (κ1) is 24.7. The zero-order valence-corrected chi connectivity index (χ0v) is 19.5. The van der Waals surface area contributed by atoms with Crippen LogP contribution in [-0.2, 0) is 14.3 Å². The number of likely N-dealkylation sites (tertiary alicyclic amines) is 1. The summed E-state index contributed by atoms with van der Waals surface area (Å²) in [5, 5.41) is 11.1. The van der Waals surface area contributed by atoms with Gasteiger partial charge >= 0.3 is 5.97 Å². The van der Waals surface area contributed by atoms with Crippen LogP contribution < -0.4 is 4.74 Å². The third-order valence-electron chi connectivity index (χ3n) is 5.47. The molecule has 2 aromatic carbocycles. The molecule has 1 atom stereocenters. The van der Waals surface area contributed by atoms with Crippen LogP contribution >= 0.6 is 0 Å². The van der Waals surface area contributed by atoms with Gasteiger partial charge in [0.05, 0.1) is 24.3 Å². The van der Waals surface area contributed by atoms with Gasteiger partial charge < -0.3 is 24.4 Å². The lowest BCUT2D eigenvalue weighted by Crippen LogP contribution is -2.35. The average Bonchev–Trinajstić information content (AvgIpc) is 3.10. The molecule has 34 heavy (non-hydrogen) atoms. The summed E-state index contributed by atoms with van der Waals surface area (Å²) in [5.41, 5.74) is 1.31. The fourth-order valence-corrected chi connectivity index (χ4v) is 3.70. The third-order valence-corrected chi connectivity index (χ3v) is 5.47. The lowest BCUT2D eigenvalue weighted by Gasteiger charge is -2.26. The molecule has 0 aromatic heterocycles. The molecule has 1 aliphatic rings. The van der Waals surface area contributed by atoms with Crippen molar-refractivity contribution in [2.75, 3.05) is 40.9 Å². The van der Waals surface area contributed by atoms with Crippen molar-refractivity contribution in [2.24, 2.45) is 0 Å². The maximum Gasteiger partial charge on any atom is 0.337 e. The van der Waals surface area contributed by atoms with Crippen LogP contribution in [0.25, 0.3) is 5.76 Å². The Morgan fingerprint density at radius 2 is 1.71 bits per heavy atom. The Kier molecular flexibility index (Phi) is 7.86. The van der Waals surface area contributed by atoms with E-state index in [-0.39, 0.29) is 17.9 Å². The molecule has 8 heteroatoms. The van der Waals surface area contributed by atoms with Crippen molar-refractivity contribution in [3.05, 3.63) is 83.4 Å². The predicted molar refractivity (Wildman–Crippen MR) is 127 cm³/mol. The first-order chi connectivity index (χ1) is 16.3. The minimum Gasteiger partial charge on any atom is -0.507 e. The summed E-state index contributed by atoms with van der Waals surface area (Å²) in [6.45, 7) is 4.75. The Labute approximate surface area is 198 Å². The highest BCUT2D eigenvalue weighted by Gasteiger charge is 2.45. The molecule has 1 aliphatic heterocycles. The van der Waals surface area contributed by atoms with Crippen LogP contribution in [0, 0.1) is 0 Å². The second kappa shape index (κ2) is 10.8. The number of carbonyl (C=O) groups is 3. The van der Waals surface area contributed by atoms with Gasteiger partial charge in [-0.15, -0.1) is 0 Å². The lowest BCUT2D eigenvalue weighted by atomic mass is 9.94. The van der Waals surface area contributed by atoms with E-state index in [1.54, 1.807) is 54.6 Å². The molecule has 0 spiro atoms. The number of carbonyl (C=O) groups excluding carboxylic acids is 3. The first-order valence-electron chi connectivity index (χ1n) is 10.7. The Bertz CT molecular complexity index is 1100. The standard InChI is InChI=1S/C26H28N2O6/c1-5-16-34-20-12-10-18(11-13-20)23(29)21-22(17-6-8-19(9-7-17)26(32)33-4)28(15-14-27(2)3)25(31)24(21)30/h5-13,22,29H,1,14-16H2,2-4H3. The van der Waals surface area contributed by atoms with Crippen LogP contribution in [0.1, 0.15) is 27.5 Å². The van der Waals surface area contributed by atoms with Crippen LogP contribution in [0.5, 0.6) is 5.75 Å². The summed E-state index contributed by atoms with van der Waals surface area (Å²) in [6.07, 6.45) is 1.62. The van der Waals surface area contributed by atoms with E-state index in [0.29, 0.717) is 35.6 Å². The summed E-state index contributed by atoms with van der Waals surface area (Å²) >= 11 is 0. The largest absolute Gasteiger partial charge is 0.507 e. The van der Waals surface area contributed by atoms with E-state index < -0.39 is 23.7 Å². The van der Waals surface area contributed by atoms with Crippen molar-refractivity contribution in [1.29, 1.82) is 0 Å². The van der Waals surface area contributed by atoms with E-state index in [0.717, 1.165) is 0 Å². The predicted octanol–water partition coefficient (Wildman–Crippen LogP) is 3.02. The number of hydrogen-bond acceptors (Lipinski definition) is 7. The monoisotopic (exact) mass is 464 g/mol. The fraction of sp³-hybridized carbons (Fsp3) is 0.269. The van der Waals surface area contributed by atoms with Gasteiger partial charge in [-0.05, 0) is 56.1 Å². The number of ether oxygens (including phenoxy) is 2. The zero-order chi connectivity index (χ0) is 24.8. The van der Waals surface area contributed by atoms with Crippen molar-refractivity contribution in [2.45, 2.75) is 6.04 Å². The summed E-state index contributed by atoms with van der Waals surface area (Å²) in [5.74, 6) is -1.63. The molecule has 0 saturated carbocycles. The third kappa shape index (κ3) is 5.18. The summed E-state index contributed by atoms with van der Waals surface area (Å²) < 4.78 is 10.2. The van der Waals surface area contributed by atoms with Crippen molar-refractivity contribution in [3.63, 3.8) is 0 Å². The number of amides is 1. The van der Waals surface area contributed by atoms with Crippen molar-refractivity contribution < 1.29 is 29.0 Å². The maximum atomic E-state index is 13.1. The second-order valence-electron chi connectivity index (χ2n) is 8.03. The molecule has 3 rings (SSSR count). The summed E-state index contributed by atoms with van der Waals surface area (Å²) in [4.78, 5) is 41.2. The number of aliphatic hydroxyl groups excluding tert-OH is 1. The van der Waals surface area contributed by atoms with Crippen LogP contribution in [0.15, 0.2) is 66.8 Å². The van der Waals surface area contributed by atoms with Crippen molar-refractivity contribution in [3.8, 4) is 5.75 Å². The number of ketones is 1. The van der Waals surface area contributed by atoms with Gasteiger partial charge in [0.2, 0.25) is 0 Å². The van der Waals surface area contributed by atoms with Gasteiger partial charge in [0.1, 0.15) is 18.1 Å². The number of methoxy groups -OCH3 is 1. The molecule has 1 heterocycles. The van der Waals surface area contributed by atoms with E-state index in [1.807, 2.05) is 19.0 Å². The minimum atomic E-state index is -0.802. The normalized spacial score (nSPS) is 17.2. The highest BCUT2D eigenvalue weighted by molar-refractivity contribution is 6.46. The van der Waals surface area contributed by atoms with Crippen molar-refractivity contribution >= 4 is 23.4 Å². The van der Waals surface area contributed by atoms with Crippen LogP contribution in [0.2, 0.25) is 0 Å². The smallest absolute Gasteiger partial charge is 0.337 e. The molecule has 1 N–H and O–H groups in total. The zero-order valence-electron chi connectivity index (χ0n) is 19.5. The quantitative estimate of drug-likeness (QED) is 0.200. The Balaban J connectivity index is 2.06. The average molecular weight is 465 g/mol. The molecule has 0 aliphatic carbocycles. The van der Waals surface area contributed by atoms with Crippen LogP contribution in [0.3, 0.4) is 0 Å². The molecule has 0 radical (unpaired) electrons. The van der Waals surface area contributed by atoms with E-state index >= 15 is 0 Å². The molecule has 8 nitrogen and oxygen atoms in total. The summed E-state index contributed by atoms with van der Waals surface area (Å²) in [7, 11) is 5.03. The number of likely N-dealkylation sites (N-methyl/N-ethyl adjacent to an activating group) is 1. The molecule has 0 bridgehead atoms. The fourth-order valence-electron chi connectivity index (χ4n) is 3.70. The number of aliphatic hydroxyl groups is 1. The number of Topliss-reactive ketones (excluding diaryl/α,β-unsaturated/α-hetero) is 1. The van der Waals surface area contributed by atoms with E-state index in [1.165, 1.54) is 12.0 Å². The topological polar surface area (TPSA) is 96.4 Å². The maximum absolute atomic E-state index is 13.1. The number of nitrogens with zero attached hydrogens (tertiary/aromatic N) is 2. The molecule has 1 saturated heterocycles. The van der Waals surface area contributed by atoms with Crippen LogP contribution in [0.4, 0.5) is 0 Å². The molecular formula is C26H28N2O6. The van der Waals surface area contributed by atoms with Gasteiger partial charge in [-0.25, -0.2) is 4.79 Å². The van der Waals surface area contributed by atoms with Gasteiger partial charge in [0.15, 0.2) is 0 Å². The number of hydrogen-bond donors (Lipinski definition) is 1. The van der Waals surface area contributed by atoms with Gasteiger partial charge in [0, 0.05) is 18.7 Å². The first-order valence-corrected chi connectivity index (χ1v) is 10.7. The highest BCUT2D eigenvalue weighted by atomic mass is 16.5. The highest BCUT2D eigenvalue weighted by Crippen LogP contribution is 2.39. The number of benzene rings is 2. The van der Waals surface area contributed by atoms with E-state index in [9.17, 15) is 19.5 Å². The molecule has 1 amide bonds. The molecular weight excluding hydrogens is 436 g/mol. The summed E-state index contributed by atoms with van der Waals surface area (Å²) in [6, 6.07) is 12.2. The Morgan fingerprint density at radius 3 is 2.26 bits per heavy atom. The Hall–Kier alpha value is -3.91. The Morgan fingerprint density at radius 1 is 1.09 bits per heavy atom. The van der Waals surface area contributed by atoms with E-state index in [2.05, 4.69) is 6.58 Å². The molecule has 1 unspecified atom stereocenters. The van der Waals surface area contributed by atoms with Gasteiger partial charge in [-0.1, -0.05) is 24.8 Å². The van der Waals surface area contributed by atoms with Crippen molar-refractivity contribution in [1.82, 2.24) is 9.80 Å². The number of esters is 1. The lowest BCUT2D eigenvalue weighted by molar-refractivity contribution is -0.140. The van der Waals surface area contributed by atoms with Gasteiger partial charge in [-0.3, -0.25) is 9.59 Å². The molecule has 1 fully saturated rings.